The average molecular weight is 237 g/mol. The Morgan fingerprint density at radius 3 is 1.59 bits per heavy atom. The van der Waals surface area contributed by atoms with E-state index in [0.29, 0.717) is 0 Å². The van der Waals surface area contributed by atoms with Crippen molar-refractivity contribution in [3.63, 3.8) is 0 Å². The molecule has 0 saturated heterocycles. The summed E-state index contributed by atoms with van der Waals surface area (Å²) in [7, 11) is 0. The molecule has 2 rings (SSSR count). The second-order valence-corrected chi connectivity index (χ2v) is 2.66. The van der Waals surface area contributed by atoms with Crippen LogP contribution in [0.5, 0.6) is 0 Å². The van der Waals surface area contributed by atoms with Crippen LogP contribution in [0.1, 0.15) is 0 Å². The van der Waals surface area contributed by atoms with E-state index in [1.165, 1.54) is 12.1 Å². The Balaban J connectivity index is 0.000000239. The number of aromatic amines is 1. The number of nitrogens with one attached hydrogen (secondary N) is 1. The van der Waals surface area contributed by atoms with Crippen molar-refractivity contribution in [2.45, 2.75) is 0 Å². The molecule has 0 bridgehead atoms. The Labute approximate surface area is 94.4 Å². The van der Waals surface area contributed by atoms with E-state index in [0.717, 1.165) is 12.1 Å². The summed E-state index contributed by atoms with van der Waals surface area (Å²) in [5.41, 5.74) is -0.968. The molecule has 9 heteroatoms. The highest BCUT2D eigenvalue weighted by molar-refractivity contribution is 5.51. The maximum absolute atomic E-state index is 10.2. The van der Waals surface area contributed by atoms with Crippen molar-refractivity contribution in [3.8, 4) is 0 Å². The van der Waals surface area contributed by atoms with E-state index in [-0.39, 0.29) is 0 Å². The van der Waals surface area contributed by atoms with Gasteiger partial charge in [0.1, 0.15) is 0 Å². The summed E-state index contributed by atoms with van der Waals surface area (Å²) in [6.45, 7) is 0. The normalized spacial score (nSPS) is 8.94. The predicted molar refractivity (Wildman–Crippen MR) is 56.1 cm³/mol. The first kappa shape index (κ1) is 12.2. The Bertz CT molecular complexity index is 448. The van der Waals surface area contributed by atoms with Crippen molar-refractivity contribution >= 4 is 11.4 Å². The molecule has 0 aliphatic carbocycles. The molecule has 0 unspecified atom stereocenters. The summed E-state index contributed by atoms with van der Waals surface area (Å²) in [4.78, 5) is 18.9. The van der Waals surface area contributed by atoms with Crippen LogP contribution in [0, 0.1) is 20.2 Å². The van der Waals surface area contributed by atoms with Gasteiger partial charge in [0.05, 0.1) is 22.2 Å². The summed E-state index contributed by atoms with van der Waals surface area (Å²) in [6, 6.07) is 4.95. The average Bonchev–Trinajstić information content (AvgIpc) is 2.87. The molecule has 0 amide bonds. The van der Waals surface area contributed by atoms with Crippen LogP contribution in [-0.2, 0) is 0 Å². The van der Waals surface area contributed by atoms with Gasteiger partial charge < -0.3 is 0 Å². The third-order valence-electron chi connectivity index (χ3n) is 1.61. The molecule has 0 aliphatic heterocycles. The number of rotatable bonds is 2. The lowest BCUT2D eigenvalue weighted by Gasteiger charge is -1.91. The van der Waals surface area contributed by atoms with Gasteiger partial charge in [0.2, 0.25) is 0 Å². The number of nitrogens with zero attached hydrogens (tertiary/aromatic N) is 4. The molecule has 1 aromatic heterocycles. The van der Waals surface area contributed by atoms with Crippen LogP contribution in [0.2, 0.25) is 0 Å². The lowest BCUT2D eigenvalue weighted by molar-refractivity contribution is -0.422. The Morgan fingerprint density at radius 1 is 0.941 bits per heavy atom. The summed E-state index contributed by atoms with van der Waals surface area (Å²) in [5, 5.41) is 29.8. The van der Waals surface area contributed by atoms with E-state index in [4.69, 9.17) is 0 Å². The number of nitro benzene ring substituents is 2. The summed E-state index contributed by atoms with van der Waals surface area (Å²) in [6.07, 6.45) is 3.17. The zero-order valence-electron chi connectivity index (χ0n) is 8.39. The minimum Gasteiger partial charge on any atom is -0.258 e. The molecular weight excluding hydrogens is 230 g/mol. The molecule has 1 N–H and O–H groups in total. The van der Waals surface area contributed by atoms with Gasteiger partial charge in [-0.05, 0) is 0 Å². The van der Waals surface area contributed by atoms with E-state index in [1.807, 2.05) is 0 Å². The maximum atomic E-state index is 10.2. The zero-order chi connectivity index (χ0) is 12.7. The fourth-order valence-corrected chi connectivity index (χ4v) is 0.940. The number of aromatic nitrogens is 3. The van der Waals surface area contributed by atoms with Crippen LogP contribution >= 0.6 is 0 Å². The van der Waals surface area contributed by atoms with Crippen molar-refractivity contribution in [1.82, 2.24) is 15.4 Å². The Kier molecular flexibility index (Phi) is 4.25. The monoisotopic (exact) mass is 237 g/mol. The number of H-pyrrole nitrogens is 1. The first-order chi connectivity index (χ1) is 8.13. The molecule has 1 aromatic carbocycles. The lowest BCUT2D eigenvalue weighted by Crippen LogP contribution is -1.95. The van der Waals surface area contributed by atoms with Crippen LogP contribution in [0.25, 0.3) is 0 Å². The molecule has 9 nitrogen and oxygen atoms in total. The second-order valence-electron chi connectivity index (χ2n) is 2.66. The molecule has 0 spiro atoms. The molecule has 0 atom stereocenters. The second kappa shape index (κ2) is 5.90. The van der Waals surface area contributed by atoms with Crippen LogP contribution in [0.4, 0.5) is 11.4 Å². The highest BCUT2D eigenvalue weighted by Gasteiger charge is 2.21. The topological polar surface area (TPSA) is 128 Å². The summed E-state index contributed by atoms with van der Waals surface area (Å²) >= 11 is 0. The van der Waals surface area contributed by atoms with Gasteiger partial charge in [-0.2, -0.15) is 15.4 Å². The largest absolute Gasteiger partial charge is 0.346 e. The highest BCUT2D eigenvalue weighted by Crippen LogP contribution is 2.24. The molecule has 88 valence electrons. The summed E-state index contributed by atoms with van der Waals surface area (Å²) in [5.74, 6) is 0. The molecule has 0 radical (unpaired) electrons. The first-order valence-corrected chi connectivity index (χ1v) is 4.30. The fraction of sp³-hybridized carbons (Fsp3) is 0. The van der Waals surface area contributed by atoms with Gasteiger partial charge in [-0.25, -0.2) is 0 Å². The molecule has 0 aliphatic rings. The third-order valence-corrected chi connectivity index (χ3v) is 1.61. The number of nitro groups is 2. The van der Waals surface area contributed by atoms with Gasteiger partial charge in [0, 0.05) is 12.1 Å². The van der Waals surface area contributed by atoms with Crippen LogP contribution < -0.4 is 0 Å². The molecule has 1 heterocycles. The summed E-state index contributed by atoms with van der Waals surface area (Å²) < 4.78 is 0. The lowest BCUT2D eigenvalue weighted by atomic mass is 10.3. The molecule has 2 aromatic rings. The minimum atomic E-state index is -0.780. The molecule has 0 fully saturated rings. The predicted octanol–water partition coefficient (Wildman–Crippen LogP) is 1.31. The van der Waals surface area contributed by atoms with E-state index >= 15 is 0 Å². The van der Waals surface area contributed by atoms with Gasteiger partial charge in [-0.15, -0.1) is 0 Å². The molecule has 0 saturated carbocycles. The number of hydrogen-bond donors (Lipinski definition) is 1. The highest BCUT2D eigenvalue weighted by atomic mass is 16.6. The van der Waals surface area contributed by atoms with Gasteiger partial charge >= 0.3 is 11.4 Å². The SMILES string of the molecule is O=[N+]([O-])c1ccccc1[N+](=O)[O-].c1cn[nH]n1. The maximum Gasteiger partial charge on any atom is 0.346 e. The zero-order valence-corrected chi connectivity index (χ0v) is 8.39. The van der Waals surface area contributed by atoms with Crippen molar-refractivity contribution in [1.29, 1.82) is 0 Å². The number of hydrogen-bond acceptors (Lipinski definition) is 6. The standard InChI is InChI=1S/C6H4N2O4.C2H3N3/c9-7(10)5-3-1-2-4-6(5)8(11)12;1-2-4-5-3-1/h1-4H;1-2H,(H,3,4,5). The minimum absolute atomic E-state index is 0.484. The Morgan fingerprint density at radius 2 is 1.35 bits per heavy atom. The van der Waals surface area contributed by atoms with Crippen molar-refractivity contribution in [2.24, 2.45) is 0 Å². The van der Waals surface area contributed by atoms with Gasteiger partial charge in [-0.3, -0.25) is 20.2 Å². The van der Waals surface area contributed by atoms with E-state index in [1.54, 1.807) is 12.4 Å². The van der Waals surface area contributed by atoms with Gasteiger partial charge in [0.25, 0.3) is 0 Å². The van der Waals surface area contributed by atoms with E-state index in [2.05, 4.69) is 15.4 Å². The van der Waals surface area contributed by atoms with Gasteiger partial charge in [-0.1, -0.05) is 12.1 Å². The van der Waals surface area contributed by atoms with Crippen LogP contribution in [-0.4, -0.2) is 25.3 Å². The van der Waals surface area contributed by atoms with E-state index < -0.39 is 21.2 Å². The smallest absolute Gasteiger partial charge is 0.258 e. The van der Waals surface area contributed by atoms with Crippen molar-refractivity contribution < 1.29 is 9.85 Å². The molecule has 17 heavy (non-hydrogen) atoms. The molecular formula is C8H7N5O4. The third kappa shape index (κ3) is 3.66. The first-order valence-electron chi connectivity index (χ1n) is 4.30. The van der Waals surface area contributed by atoms with Crippen LogP contribution in [0.15, 0.2) is 36.7 Å². The van der Waals surface area contributed by atoms with Crippen LogP contribution in [0.3, 0.4) is 0 Å². The Hall–Kier alpha value is -2.84. The van der Waals surface area contributed by atoms with Crippen molar-refractivity contribution in [3.05, 3.63) is 56.9 Å². The number of para-hydroxylation sites is 2. The van der Waals surface area contributed by atoms with E-state index in [9.17, 15) is 20.2 Å². The van der Waals surface area contributed by atoms with Gasteiger partial charge in [0.15, 0.2) is 0 Å². The quantitative estimate of drug-likeness (QED) is 0.619. The van der Waals surface area contributed by atoms with Crippen molar-refractivity contribution in [2.75, 3.05) is 0 Å². The fourth-order valence-electron chi connectivity index (χ4n) is 0.940. The number of benzene rings is 1.